The maximum absolute atomic E-state index is 14.9. The molecule has 1 saturated heterocycles. The summed E-state index contributed by atoms with van der Waals surface area (Å²) in [4.78, 5) is 16.7. The highest BCUT2D eigenvalue weighted by molar-refractivity contribution is 7.19. The molecule has 0 aliphatic carbocycles. The van der Waals surface area contributed by atoms with E-state index >= 15 is 0 Å². The van der Waals surface area contributed by atoms with Gasteiger partial charge in [0.2, 0.25) is 0 Å². The van der Waals surface area contributed by atoms with Crippen molar-refractivity contribution < 1.29 is 33.6 Å². The molecule has 0 bridgehead atoms. The van der Waals surface area contributed by atoms with Crippen LogP contribution in [0.5, 0.6) is 0 Å². The van der Waals surface area contributed by atoms with E-state index in [2.05, 4.69) is 10.3 Å². The number of nitrogens with two attached hydrogens (primary N) is 1. The lowest BCUT2D eigenvalue weighted by Crippen LogP contribution is -2.55. The van der Waals surface area contributed by atoms with Crippen LogP contribution in [0.25, 0.3) is 10.4 Å². The number of aliphatic hydroxyl groups is 3. The fourth-order valence-corrected chi connectivity index (χ4v) is 5.22. The molecule has 0 radical (unpaired) electrons. The second-order valence-electron chi connectivity index (χ2n) is 9.17. The third-order valence-electron chi connectivity index (χ3n) is 6.12. The van der Waals surface area contributed by atoms with Crippen molar-refractivity contribution in [1.29, 1.82) is 0 Å². The lowest BCUT2D eigenvalue weighted by Gasteiger charge is -2.38. The highest BCUT2D eigenvalue weighted by Gasteiger charge is 2.43. The van der Waals surface area contributed by atoms with Gasteiger partial charge in [0, 0.05) is 24.3 Å². The number of thiophene rings is 1. The molecule has 0 saturated carbocycles. The van der Waals surface area contributed by atoms with Gasteiger partial charge in [0.1, 0.15) is 34.5 Å². The SMILES string of the molecule is CC(C)(O)c1cc(F)c(-c2cc(C(N)=O)c(NC3CC=CC(C4(O)CCOCC4O)=N3)s2)c(F)c1. The lowest BCUT2D eigenvalue weighted by molar-refractivity contribution is -0.115. The topological polar surface area (TPSA) is 137 Å². The lowest BCUT2D eigenvalue weighted by atomic mass is 9.85. The molecule has 1 amide bonds. The highest BCUT2D eigenvalue weighted by Crippen LogP contribution is 2.40. The molecule has 188 valence electrons. The van der Waals surface area contributed by atoms with E-state index in [0.717, 1.165) is 23.5 Å². The number of halogens is 2. The number of hydrogen-bond donors (Lipinski definition) is 5. The van der Waals surface area contributed by atoms with Crippen molar-refractivity contribution in [2.24, 2.45) is 10.7 Å². The monoisotopic (exact) mass is 507 g/mol. The Hall–Kier alpha value is -2.70. The van der Waals surface area contributed by atoms with Crippen LogP contribution in [-0.2, 0) is 10.3 Å². The van der Waals surface area contributed by atoms with Gasteiger partial charge in [-0.25, -0.2) is 8.78 Å². The minimum absolute atomic E-state index is 0.0229. The maximum atomic E-state index is 14.9. The van der Waals surface area contributed by atoms with E-state index in [9.17, 15) is 28.9 Å². The molecular formula is C24H27F2N3O5S. The van der Waals surface area contributed by atoms with Crippen LogP contribution in [0.15, 0.2) is 35.3 Å². The van der Waals surface area contributed by atoms with Gasteiger partial charge in [0.15, 0.2) is 0 Å². The molecule has 1 aromatic heterocycles. The molecule has 2 aliphatic rings. The first-order chi connectivity index (χ1) is 16.4. The van der Waals surface area contributed by atoms with Crippen LogP contribution in [0.2, 0.25) is 0 Å². The number of nitrogens with one attached hydrogen (secondary N) is 1. The van der Waals surface area contributed by atoms with Crippen molar-refractivity contribution in [3.63, 3.8) is 0 Å². The summed E-state index contributed by atoms with van der Waals surface area (Å²) < 4.78 is 35.0. The smallest absolute Gasteiger partial charge is 0.251 e. The van der Waals surface area contributed by atoms with Crippen molar-refractivity contribution in [1.82, 2.24) is 0 Å². The van der Waals surface area contributed by atoms with Gasteiger partial charge >= 0.3 is 0 Å². The number of rotatable bonds is 6. The first kappa shape index (κ1) is 25.4. The summed E-state index contributed by atoms with van der Waals surface area (Å²) in [6.07, 6.45) is 2.21. The summed E-state index contributed by atoms with van der Waals surface area (Å²) in [7, 11) is 0. The van der Waals surface area contributed by atoms with Gasteiger partial charge in [-0.1, -0.05) is 6.08 Å². The number of carbonyl (C=O) groups excluding carboxylic acids is 1. The largest absolute Gasteiger partial charge is 0.387 e. The maximum Gasteiger partial charge on any atom is 0.251 e. The van der Waals surface area contributed by atoms with E-state index in [1.807, 2.05) is 0 Å². The second-order valence-corrected chi connectivity index (χ2v) is 10.2. The normalized spacial score (nSPS) is 24.8. The first-order valence-corrected chi connectivity index (χ1v) is 11.9. The van der Waals surface area contributed by atoms with E-state index in [1.165, 1.54) is 19.9 Å². The van der Waals surface area contributed by atoms with E-state index in [1.54, 1.807) is 12.2 Å². The molecule has 1 aromatic carbocycles. The number of carbonyl (C=O) groups is 1. The molecule has 3 atom stereocenters. The van der Waals surface area contributed by atoms with Crippen LogP contribution in [-0.4, -0.2) is 58.0 Å². The van der Waals surface area contributed by atoms with Gasteiger partial charge in [-0.3, -0.25) is 9.79 Å². The molecular weight excluding hydrogens is 480 g/mol. The summed E-state index contributed by atoms with van der Waals surface area (Å²) >= 11 is 0.933. The van der Waals surface area contributed by atoms with Gasteiger partial charge in [-0.2, -0.15) is 0 Å². The average molecular weight is 508 g/mol. The van der Waals surface area contributed by atoms with Gasteiger partial charge in [0.05, 0.1) is 29.0 Å². The molecule has 4 rings (SSSR count). The third-order valence-corrected chi connectivity index (χ3v) is 7.20. The van der Waals surface area contributed by atoms with Crippen molar-refractivity contribution in [3.05, 3.63) is 53.1 Å². The predicted molar refractivity (Wildman–Crippen MR) is 128 cm³/mol. The van der Waals surface area contributed by atoms with Crippen LogP contribution in [0, 0.1) is 11.6 Å². The van der Waals surface area contributed by atoms with E-state index in [-0.39, 0.29) is 51.9 Å². The minimum Gasteiger partial charge on any atom is -0.387 e. The van der Waals surface area contributed by atoms with E-state index in [4.69, 9.17) is 10.5 Å². The molecule has 0 spiro atoms. The molecule has 3 heterocycles. The fourth-order valence-electron chi connectivity index (χ4n) is 4.06. The number of nitrogens with zero attached hydrogens (tertiary/aromatic N) is 1. The fraction of sp³-hybridized carbons (Fsp3) is 0.417. The number of aliphatic hydroxyl groups excluding tert-OH is 1. The summed E-state index contributed by atoms with van der Waals surface area (Å²) in [5.41, 5.74) is 2.55. The molecule has 1 fully saturated rings. The Balaban J connectivity index is 1.66. The van der Waals surface area contributed by atoms with E-state index in [0.29, 0.717) is 6.42 Å². The van der Waals surface area contributed by atoms with Crippen molar-refractivity contribution in [2.75, 3.05) is 18.5 Å². The Morgan fingerprint density at radius 3 is 2.60 bits per heavy atom. The summed E-state index contributed by atoms with van der Waals surface area (Å²) in [6.45, 7) is 3.08. The van der Waals surface area contributed by atoms with Crippen LogP contribution >= 0.6 is 11.3 Å². The Kier molecular flexibility index (Phi) is 6.82. The number of hydrogen-bond acceptors (Lipinski definition) is 8. The quantitative estimate of drug-likeness (QED) is 0.408. The van der Waals surface area contributed by atoms with E-state index < -0.39 is 41.0 Å². The molecule has 3 unspecified atom stereocenters. The molecule has 2 aliphatic heterocycles. The van der Waals surface area contributed by atoms with Crippen molar-refractivity contribution in [3.8, 4) is 10.4 Å². The molecule has 35 heavy (non-hydrogen) atoms. The Morgan fingerprint density at radius 2 is 2.00 bits per heavy atom. The van der Waals surface area contributed by atoms with Gasteiger partial charge in [-0.05, 0) is 43.7 Å². The summed E-state index contributed by atoms with van der Waals surface area (Å²) in [6, 6.07) is 3.41. The average Bonchev–Trinajstić information content (AvgIpc) is 3.18. The number of amides is 1. The van der Waals surface area contributed by atoms with Crippen molar-refractivity contribution >= 4 is 28.0 Å². The number of dihydropyridines is 1. The molecule has 2 aromatic rings. The Morgan fingerprint density at radius 1 is 1.31 bits per heavy atom. The number of ether oxygens (including phenoxy) is 1. The van der Waals surface area contributed by atoms with Crippen LogP contribution in [0.1, 0.15) is 42.6 Å². The molecule has 11 heteroatoms. The zero-order valence-electron chi connectivity index (χ0n) is 19.2. The zero-order chi connectivity index (χ0) is 25.5. The zero-order valence-corrected chi connectivity index (χ0v) is 20.0. The van der Waals surface area contributed by atoms with Gasteiger partial charge in [-0.15, -0.1) is 11.3 Å². The predicted octanol–water partition coefficient (Wildman–Crippen LogP) is 2.67. The van der Waals surface area contributed by atoms with Gasteiger partial charge in [0.25, 0.3) is 5.91 Å². The molecule has 6 N–H and O–H groups in total. The minimum atomic E-state index is -1.57. The van der Waals surface area contributed by atoms with Crippen LogP contribution in [0.3, 0.4) is 0 Å². The number of primary amides is 1. The number of anilines is 1. The summed E-state index contributed by atoms with van der Waals surface area (Å²) in [5.74, 6) is -2.57. The third kappa shape index (κ3) is 5.00. The van der Waals surface area contributed by atoms with Crippen LogP contribution < -0.4 is 11.1 Å². The van der Waals surface area contributed by atoms with Gasteiger partial charge < -0.3 is 31.1 Å². The van der Waals surface area contributed by atoms with Crippen molar-refractivity contribution in [2.45, 2.75) is 50.2 Å². The number of aliphatic imine (C=N–C) groups is 1. The standard InChI is InChI=1S/C24H27F2N3O5S/c1-23(2,32)12-8-14(25)20(15(26)9-12)16-10-13(21(27)31)22(35-16)29-19-5-3-4-17(28-19)24(33)6-7-34-11-18(24)30/h3-4,8-10,18-19,29-30,32-33H,5-7,11H2,1-2H3,(H2,27,31). The highest BCUT2D eigenvalue weighted by atomic mass is 32.1. The second kappa shape index (κ2) is 9.40. The number of benzene rings is 1. The summed E-state index contributed by atoms with van der Waals surface area (Å²) in [5, 5.41) is 34.7. The Bertz CT molecular complexity index is 1180. The van der Waals surface area contributed by atoms with Crippen LogP contribution in [0.4, 0.5) is 13.8 Å². The Labute approximate surface area is 204 Å². The molecule has 8 nitrogen and oxygen atoms in total. The first-order valence-electron chi connectivity index (χ1n) is 11.1.